The molecule has 1 saturated heterocycles. The second-order valence-corrected chi connectivity index (χ2v) is 6.11. The van der Waals surface area contributed by atoms with Gasteiger partial charge in [-0.3, -0.25) is 4.90 Å². The molecule has 0 aromatic heterocycles. The highest BCUT2D eigenvalue weighted by Crippen LogP contribution is 2.34. The van der Waals surface area contributed by atoms with Crippen LogP contribution in [0.15, 0.2) is 0 Å². The van der Waals surface area contributed by atoms with Gasteiger partial charge in [0.25, 0.3) is 0 Å². The van der Waals surface area contributed by atoms with Gasteiger partial charge in [0.05, 0.1) is 0 Å². The monoisotopic (exact) mass is 210 g/mol. The summed E-state index contributed by atoms with van der Waals surface area (Å²) in [6.45, 7) is 10.8. The summed E-state index contributed by atoms with van der Waals surface area (Å²) in [6.07, 6.45) is 5.56. The number of hydrogen-bond acceptors (Lipinski definition) is 2. The third kappa shape index (κ3) is 2.73. The van der Waals surface area contributed by atoms with Crippen LogP contribution in [0.1, 0.15) is 46.5 Å². The molecule has 1 aliphatic heterocycles. The molecule has 0 spiro atoms. The molecule has 2 aliphatic rings. The van der Waals surface area contributed by atoms with Crippen molar-refractivity contribution < 1.29 is 0 Å². The van der Waals surface area contributed by atoms with Gasteiger partial charge in [-0.15, -0.1) is 0 Å². The zero-order valence-corrected chi connectivity index (χ0v) is 10.6. The van der Waals surface area contributed by atoms with Gasteiger partial charge in [0.15, 0.2) is 0 Å². The van der Waals surface area contributed by atoms with E-state index in [0.29, 0.717) is 5.41 Å². The maximum atomic E-state index is 3.59. The molecule has 2 rings (SSSR count). The van der Waals surface area contributed by atoms with Crippen molar-refractivity contribution in [1.82, 2.24) is 10.2 Å². The molecule has 2 heteroatoms. The Morgan fingerprint density at radius 2 is 2.13 bits per heavy atom. The Bertz CT molecular complexity index is 213. The average molecular weight is 210 g/mol. The molecular weight excluding hydrogens is 184 g/mol. The first-order chi connectivity index (χ1) is 7.11. The lowest BCUT2D eigenvalue weighted by atomic mass is 9.93. The Morgan fingerprint density at radius 3 is 2.73 bits per heavy atom. The van der Waals surface area contributed by atoms with Gasteiger partial charge in [-0.2, -0.15) is 0 Å². The van der Waals surface area contributed by atoms with E-state index in [9.17, 15) is 0 Å². The largest absolute Gasteiger partial charge is 0.314 e. The Morgan fingerprint density at radius 1 is 1.33 bits per heavy atom. The van der Waals surface area contributed by atoms with Crippen molar-refractivity contribution in [2.45, 2.75) is 58.5 Å². The number of rotatable bonds is 3. The lowest BCUT2D eigenvalue weighted by Gasteiger charge is -2.26. The number of nitrogens with one attached hydrogen (secondary N) is 1. The smallest absolute Gasteiger partial charge is 0.0111 e. The fraction of sp³-hybridized carbons (Fsp3) is 1.00. The van der Waals surface area contributed by atoms with Crippen molar-refractivity contribution in [3.63, 3.8) is 0 Å². The first-order valence-electron chi connectivity index (χ1n) is 6.58. The van der Waals surface area contributed by atoms with Gasteiger partial charge < -0.3 is 5.32 Å². The predicted molar refractivity (Wildman–Crippen MR) is 65.1 cm³/mol. The molecule has 0 amide bonds. The standard InChI is InChI=1S/C13H26N2/c1-4-14-11-5-6-12(9-11)15-8-7-13(2,3)10-15/h11-12,14H,4-10H2,1-3H3. The van der Waals surface area contributed by atoms with Crippen molar-refractivity contribution in [1.29, 1.82) is 0 Å². The second kappa shape index (κ2) is 4.42. The fourth-order valence-electron chi connectivity index (χ4n) is 3.23. The number of nitrogens with zero attached hydrogens (tertiary/aromatic N) is 1. The quantitative estimate of drug-likeness (QED) is 0.768. The third-order valence-corrected chi connectivity index (χ3v) is 4.12. The van der Waals surface area contributed by atoms with Crippen molar-refractivity contribution >= 4 is 0 Å². The van der Waals surface area contributed by atoms with Crippen LogP contribution in [-0.4, -0.2) is 36.6 Å². The minimum atomic E-state index is 0.566. The topological polar surface area (TPSA) is 15.3 Å². The lowest BCUT2D eigenvalue weighted by Crippen LogP contribution is -2.34. The highest BCUT2D eigenvalue weighted by molar-refractivity contribution is 4.92. The SMILES string of the molecule is CCNC1CCC(N2CCC(C)(C)C2)C1. The molecule has 1 aliphatic carbocycles. The molecule has 1 heterocycles. The summed E-state index contributed by atoms with van der Waals surface area (Å²) in [5.74, 6) is 0. The summed E-state index contributed by atoms with van der Waals surface area (Å²) < 4.78 is 0. The molecule has 2 fully saturated rings. The van der Waals surface area contributed by atoms with Crippen molar-refractivity contribution in [3.8, 4) is 0 Å². The van der Waals surface area contributed by atoms with Crippen LogP contribution in [0.4, 0.5) is 0 Å². The van der Waals surface area contributed by atoms with Crippen LogP contribution < -0.4 is 5.32 Å². The predicted octanol–water partition coefficient (Wildman–Crippen LogP) is 2.25. The normalized spacial score (nSPS) is 36.2. The molecule has 2 atom stereocenters. The van der Waals surface area contributed by atoms with Crippen molar-refractivity contribution in [2.24, 2.45) is 5.41 Å². The minimum Gasteiger partial charge on any atom is -0.314 e. The Hall–Kier alpha value is -0.0800. The first-order valence-corrected chi connectivity index (χ1v) is 6.58. The van der Waals surface area contributed by atoms with Crippen LogP contribution >= 0.6 is 0 Å². The molecule has 88 valence electrons. The van der Waals surface area contributed by atoms with Gasteiger partial charge in [0.1, 0.15) is 0 Å². The summed E-state index contributed by atoms with van der Waals surface area (Å²) in [5.41, 5.74) is 0.566. The summed E-state index contributed by atoms with van der Waals surface area (Å²) in [5, 5.41) is 3.59. The van der Waals surface area contributed by atoms with Gasteiger partial charge in [0.2, 0.25) is 0 Å². The van der Waals surface area contributed by atoms with E-state index < -0.39 is 0 Å². The van der Waals surface area contributed by atoms with E-state index in [1.165, 1.54) is 38.8 Å². The van der Waals surface area contributed by atoms with Gasteiger partial charge >= 0.3 is 0 Å². The summed E-state index contributed by atoms with van der Waals surface area (Å²) >= 11 is 0. The van der Waals surface area contributed by atoms with Gasteiger partial charge in [-0.25, -0.2) is 0 Å². The maximum absolute atomic E-state index is 3.59. The molecule has 1 saturated carbocycles. The Kier molecular flexibility index (Phi) is 3.36. The molecular formula is C13H26N2. The van der Waals surface area contributed by atoms with E-state index in [0.717, 1.165) is 18.6 Å². The zero-order chi connectivity index (χ0) is 10.9. The zero-order valence-electron chi connectivity index (χ0n) is 10.6. The minimum absolute atomic E-state index is 0.566. The van der Waals surface area contributed by atoms with Crippen LogP contribution in [0.25, 0.3) is 0 Å². The maximum Gasteiger partial charge on any atom is 0.0111 e. The average Bonchev–Trinajstić information content (AvgIpc) is 2.73. The van der Waals surface area contributed by atoms with Crippen molar-refractivity contribution in [2.75, 3.05) is 19.6 Å². The molecule has 0 radical (unpaired) electrons. The Labute approximate surface area is 94.4 Å². The second-order valence-electron chi connectivity index (χ2n) is 6.11. The molecule has 0 bridgehead atoms. The third-order valence-electron chi connectivity index (χ3n) is 4.12. The van der Waals surface area contributed by atoms with E-state index >= 15 is 0 Å². The molecule has 1 N–H and O–H groups in total. The summed E-state index contributed by atoms with van der Waals surface area (Å²) in [6, 6.07) is 1.67. The van der Waals surface area contributed by atoms with E-state index in [2.05, 4.69) is 31.0 Å². The fourth-order valence-corrected chi connectivity index (χ4v) is 3.23. The Balaban J connectivity index is 1.81. The number of hydrogen-bond donors (Lipinski definition) is 1. The van der Waals surface area contributed by atoms with Crippen LogP contribution in [0, 0.1) is 5.41 Å². The molecule has 2 unspecified atom stereocenters. The van der Waals surface area contributed by atoms with Crippen molar-refractivity contribution in [3.05, 3.63) is 0 Å². The highest BCUT2D eigenvalue weighted by atomic mass is 15.2. The molecule has 15 heavy (non-hydrogen) atoms. The lowest BCUT2D eigenvalue weighted by molar-refractivity contribution is 0.217. The van der Waals surface area contributed by atoms with Gasteiger partial charge in [-0.1, -0.05) is 20.8 Å². The number of likely N-dealkylation sites (tertiary alicyclic amines) is 1. The first kappa shape index (κ1) is 11.4. The van der Waals surface area contributed by atoms with E-state index in [4.69, 9.17) is 0 Å². The van der Waals surface area contributed by atoms with E-state index in [1.807, 2.05) is 0 Å². The molecule has 2 nitrogen and oxygen atoms in total. The van der Waals surface area contributed by atoms with Crippen LogP contribution in [0.5, 0.6) is 0 Å². The van der Waals surface area contributed by atoms with Crippen LogP contribution in [0.2, 0.25) is 0 Å². The van der Waals surface area contributed by atoms with Crippen LogP contribution in [-0.2, 0) is 0 Å². The van der Waals surface area contributed by atoms with E-state index in [1.54, 1.807) is 0 Å². The van der Waals surface area contributed by atoms with Crippen LogP contribution in [0.3, 0.4) is 0 Å². The summed E-state index contributed by atoms with van der Waals surface area (Å²) in [7, 11) is 0. The van der Waals surface area contributed by atoms with E-state index in [-0.39, 0.29) is 0 Å². The highest BCUT2D eigenvalue weighted by Gasteiger charge is 2.36. The summed E-state index contributed by atoms with van der Waals surface area (Å²) in [4.78, 5) is 2.73. The van der Waals surface area contributed by atoms with Gasteiger partial charge in [-0.05, 0) is 44.2 Å². The molecule has 0 aromatic carbocycles. The van der Waals surface area contributed by atoms with Gasteiger partial charge in [0, 0.05) is 18.6 Å². The molecule has 0 aromatic rings.